The largest absolute Gasteiger partial charge is 0.494 e. The molecule has 1 atom stereocenters. The Kier molecular flexibility index (Phi) is 4.77. The van der Waals surface area contributed by atoms with E-state index < -0.39 is 0 Å². The number of carbonyl (C=O) groups excluding carboxylic acids is 2. The van der Waals surface area contributed by atoms with Gasteiger partial charge in [-0.3, -0.25) is 14.5 Å². The number of amides is 2. The lowest BCUT2D eigenvalue weighted by Crippen LogP contribution is -2.49. The van der Waals surface area contributed by atoms with Crippen LogP contribution in [-0.4, -0.2) is 49.7 Å². The van der Waals surface area contributed by atoms with Gasteiger partial charge in [-0.25, -0.2) is 4.98 Å². The molecule has 2 aliphatic heterocycles. The summed E-state index contributed by atoms with van der Waals surface area (Å²) in [6, 6.07) is 5.71. The fraction of sp³-hybridized carbons (Fsp3) is 0.526. The first kappa shape index (κ1) is 18.2. The normalized spacial score (nSPS) is 21.3. The average Bonchev–Trinajstić information content (AvgIpc) is 3.21. The number of fused-ring (bicyclic) bond motifs is 1. The second-order valence-electron chi connectivity index (χ2n) is 7.49. The van der Waals surface area contributed by atoms with Gasteiger partial charge in [0.2, 0.25) is 11.8 Å². The number of rotatable bonds is 6. The van der Waals surface area contributed by atoms with Crippen LogP contribution in [0.2, 0.25) is 0 Å². The third-order valence-corrected chi connectivity index (χ3v) is 6.02. The van der Waals surface area contributed by atoms with Crippen molar-refractivity contribution >= 4 is 38.5 Å². The van der Waals surface area contributed by atoms with Crippen LogP contribution in [0.25, 0.3) is 10.2 Å². The number of anilines is 1. The lowest BCUT2D eigenvalue weighted by atomic mass is 9.88. The van der Waals surface area contributed by atoms with Gasteiger partial charge in [-0.05, 0) is 25.1 Å². The minimum absolute atomic E-state index is 0.0171. The van der Waals surface area contributed by atoms with E-state index in [2.05, 4.69) is 17.2 Å². The SMILES string of the molecule is CCOc1ccc2nc(N3CC(C(=O)NCC4(C)COC4)CC3=O)sc2c1. The Bertz CT molecular complexity index is 877. The van der Waals surface area contributed by atoms with E-state index in [1.807, 2.05) is 25.1 Å². The van der Waals surface area contributed by atoms with Crippen molar-refractivity contribution in [2.24, 2.45) is 11.3 Å². The van der Waals surface area contributed by atoms with E-state index in [-0.39, 0.29) is 29.6 Å². The number of hydrogen-bond acceptors (Lipinski definition) is 6. The van der Waals surface area contributed by atoms with Crippen molar-refractivity contribution in [3.63, 3.8) is 0 Å². The van der Waals surface area contributed by atoms with Crippen LogP contribution in [0.1, 0.15) is 20.3 Å². The van der Waals surface area contributed by atoms with Crippen molar-refractivity contribution in [2.45, 2.75) is 20.3 Å². The summed E-state index contributed by atoms with van der Waals surface area (Å²) in [5, 5.41) is 3.61. The molecule has 2 aromatic rings. The Balaban J connectivity index is 1.44. The maximum absolute atomic E-state index is 12.5. The van der Waals surface area contributed by atoms with Gasteiger partial charge in [-0.1, -0.05) is 18.3 Å². The van der Waals surface area contributed by atoms with E-state index in [4.69, 9.17) is 9.47 Å². The topological polar surface area (TPSA) is 80.8 Å². The first-order valence-electron chi connectivity index (χ1n) is 9.17. The minimum Gasteiger partial charge on any atom is -0.494 e. The van der Waals surface area contributed by atoms with Gasteiger partial charge in [0.05, 0.1) is 36.0 Å². The Morgan fingerprint density at radius 2 is 2.30 bits per heavy atom. The van der Waals surface area contributed by atoms with Crippen molar-refractivity contribution < 1.29 is 19.1 Å². The van der Waals surface area contributed by atoms with E-state index in [0.29, 0.717) is 38.0 Å². The van der Waals surface area contributed by atoms with Crippen LogP contribution in [0.5, 0.6) is 5.75 Å². The van der Waals surface area contributed by atoms with E-state index >= 15 is 0 Å². The molecule has 8 heteroatoms. The summed E-state index contributed by atoms with van der Waals surface area (Å²) in [5.74, 6) is 0.322. The summed E-state index contributed by atoms with van der Waals surface area (Å²) in [5.41, 5.74) is 0.848. The Morgan fingerprint density at radius 3 is 3.00 bits per heavy atom. The number of hydrogen-bond donors (Lipinski definition) is 1. The van der Waals surface area contributed by atoms with Crippen LogP contribution in [0.15, 0.2) is 18.2 Å². The van der Waals surface area contributed by atoms with Gasteiger partial charge in [-0.2, -0.15) is 0 Å². The summed E-state index contributed by atoms with van der Waals surface area (Å²) in [7, 11) is 0. The van der Waals surface area contributed by atoms with Gasteiger partial charge in [0.15, 0.2) is 5.13 Å². The number of ether oxygens (including phenoxy) is 2. The molecule has 0 spiro atoms. The highest BCUT2D eigenvalue weighted by Gasteiger charge is 2.38. The highest BCUT2D eigenvalue weighted by Crippen LogP contribution is 2.34. The van der Waals surface area contributed by atoms with Gasteiger partial charge >= 0.3 is 0 Å². The van der Waals surface area contributed by atoms with E-state index in [9.17, 15) is 9.59 Å². The summed E-state index contributed by atoms with van der Waals surface area (Å²) >= 11 is 1.45. The van der Waals surface area contributed by atoms with Gasteiger partial charge in [0, 0.05) is 24.9 Å². The highest BCUT2D eigenvalue weighted by atomic mass is 32.1. The number of nitrogens with zero attached hydrogens (tertiary/aromatic N) is 2. The molecular formula is C19H23N3O4S. The molecule has 0 saturated carbocycles. The monoisotopic (exact) mass is 389 g/mol. The van der Waals surface area contributed by atoms with E-state index in [1.165, 1.54) is 11.3 Å². The van der Waals surface area contributed by atoms with Crippen molar-refractivity contribution in [2.75, 3.05) is 37.8 Å². The zero-order chi connectivity index (χ0) is 19.0. The van der Waals surface area contributed by atoms with Crippen LogP contribution in [0.3, 0.4) is 0 Å². The standard InChI is InChI=1S/C19H23N3O4S/c1-3-26-13-4-5-14-15(7-13)27-18(21-14)22-8-12(6-16(22)23)17(24)20-9-19(2)10-25-11-19/h4-5,7,12H,3,6,8-11H2,1-2H3,(H,20,24). The third-order valence-electron chi connectivity index (χ3n) is 4.98. The van der Waals surface area contributed by atoms with E-state index in [0.717, 1.165) is 16.0 Å². The second-order valence-corrected chi connectivity index (χ2v) is 8.49. The zero-order valence-corrected chi connectivity index (χ0v) is 16.3. The summed E-state index contributed by atoms with van der Waals surface area (Å²) in [4.78, 5) is 31.1. The fourth-order valence-corrected chi connectivity index (χ4v) is 4.35. The molecule has 2 saturated heterocycles. The Hall–Kier alpha value is -2.19. The van der Waals surface area contributed by atoms with E-state index in [1.54, 1.807) is 4.90 Å². The minimum atomic E-state index is -0.340. The molecule has 1 unspecified atom stereocenters. The highest BCUT2D eigenvalue weighted by molar-refractivity contribution is 7.22. The molecule has 3 heterocycles. The van der Waals surface area contributed by atoms with Crippen LogP contribution < -0.4 is 15.0 Å². The zero-order valence-electron chi connectivity index (χ0n) is 15.5. The molecule has 1 aromatic carbocycles. The van der Waals surface area contributed by atoms with Gasteiger partial charge in [0.25, 0.3) is 0 Å². The summed E-state index contributed by atoms with van der Waals surface area (Å²) in [6.45, 7) is 6.91. The third kappa shape index (κ3) is 3.64. The molecule has 0 radical (unpaired) electrons. The van der Waals surface area contributed by atoms with Crippen molar-refractivity contribution in [1.29, 1.82) is 0 Å². The number of aromatic nitrogens is 1. The quantitative estimate of drug-likeness (QED) is 0.819. The molecule has 0 bridgehead atoms. The predicted molar refractivity (Wildman–Crippen MR) is 103 cm³/mol. The maximum Gasteiger partial charge on any atom is 0.229 e. The molecular weight excluding hydrogens is 366 g/mol. The molecule has 4 rings (SSSR count). The first-order chi connectivity index (χ1) is 13.0. The molecule has 0 aliphatic carbocycles. The summed E-state index contributed by atoms with van der Waals surface area (Å²) < 4.78 is 11.7. The lowest BCUT2D eigenvalue weighted by molar-refractivity contribution is -0.130. The molecule has 27 heavy (non-hydrogen) atoms. The molecule has 2 aliphatic rings. The maximum atomic E-state index is 12.5. The average molecular weight is 389 g/mol. The van der Waals surface area contributed by atoms with Crippen molar-refractivity contribution in [3.05, 3.63) is 18.2 Å². The number of carbonyl (C=O) groups is 2. The molecule has 7 nitrogen and oxygen atoms in total. The Labute approximate surface area is 161 Å². The number of nitrogens with one attached hydrogen (secondary N) is 1. The van der Waals surface area contributed by atoms with Crippen LogP contribution in [0.4, 0.5) is 5.13 Å². The predicted octanol–water partition coefficient (Wildman–Crippen LogP) is 2.20. The molecule has 2 amide bonds. The van der Waals surface area contributed by atoms with Crippen LogP contribution in [-0.2, 0) is 14.3 Å². The molecule has 1 N–H and O–H groups in total. The van der Waals surface area contributed by atoms with Crippen LogP contribution in [0, 0.1) is 11.3 Å². The van der Waals surface area contributed by atoms with Crippen molar-refractivity contribution in [3.8, 4) is 5.75 Å². The van der Waals surface area contributed by atoms with Gasteiger partial charge in [0.1, 0.15) is 5.75 Å². The smallest absolute Gasteiger partial charge is 0.229 e. The van der Waals surface area contributed by atoms with Gasteiger partial charge in [-0.15, -0.1) is 0 Å². The summed E-state index contributed by atoms with van der Waals surface area (Å²) in [6.07, 6.45) is 0.221. The molecule has 1 aromatic heterocycles. The first-order valence-corrected chi connectivity index (χ1v) is 9.98. The fourth-order valence-electron chi connectivity index (χ4n) is 3.33. The Morgan fingerprint density at radius 1 is 1.48 bits per heavy atom. The van der Waals surface area contributed by atoms with Gasteiger partial charge < -0.3 is 14.8 Å². The molecule has 2 fully saturated rings. The molecule has 144 valence electrons. The number of benzene rings is 1. The van der Waals surface area contributed by atoms with Crippen molar-refractivity contribution in [1.82, 2.24) is 10.3 Å². The van der Waals surface area contributed by atoms with Crippen LogP contribution >= 0.6 is 11.3 Å². The number of thiazole rings is 1. The lowest BCUT2D eigenvalue weighted by Gasteiger charge is -2.38. The second kappa shape index (κ2) is 7.09.